The molecule has 0 saturated heterocycles. The second kappa shape index (κ2) is 6.81. The molecule has 0 fully saturated rings. The van der Waals surface area contributed by atoms with Crippen molar-refractivity contribution in [2.75, 3.05) is 6.54 Å². The van der Waals surface area contributed by atoms with Gasteiger partial charge in [0.2, 0.25) is 0 Å². The van der Waals surface area contributed by atoms with E-state index in [-0.39, 0.29) is 37.7 Å². The Bertz CT molecular complexity index is 324. The minimum Gasteiger partial charge on any atom is -0.858 e. The zero-order chi connectivity index (χ0) is 9.68. The van der Waals surface area contributed by atoms with Gasteiger partial charge in [0.1, 0.15) is 0 Å². The van der Waals surface area contributed by atoms with Crippen LogP contribution in [0.15, 0.2) is 35.3 Å². The normalized spacial score (nSPS) is 10.4. The van der Waals surface area contributed by atoms with Crippen molar-refractivity contribution in [2.45, 2.75) is 0 Å². The fourth-order valence-corrected chi connectivity index (χ4v) is 0.808. The number of hydrogen-bond donors (Lipinski definition) is 0. The summed E-state index contributed by atoms with van der Waals surface area (Å²) in [5.41, 5.74) is 0.378. The SMILES string of the molecule is O=C([O-])CN=C([O-])c1ccccc1.[Ca+2]. The van der Waals surface area contributed by atoms with Crippen LogP contribution in [0.3, 0.4) is 0 Å². The topological polar surface area (TPSA) is 75.5 Å². The summed E-state index contributed by atoms with van der Waals surface area (Å²) in [6.07, 6.45) is 0. The number of benzene rings is 1. The summed E-state index contributed by atoms with van der Waals surface area (Å²) < 4.78 is 0. The molecule has 0 amide bonds. The summed E-state index contributed by atoms with van der Waals surface area (Å²) in [5.74, 6) is -1.89. The summed E-state index contributed by atoms with van der Waals surface area (Å²) in [4.78, 5) is 13.3. The van der Waals surface area contributed by atoms with Crippen LogP contribution in [0, 0.1) is 0 Å². The number of carboxylic acid groups (broad SMARTS) is 1. The Kier molecular flexibility index (Phi) is 6.53. The van der Waals surface area contributed by atoms with E-state index in [4.69, 9.17) is 0 Å². The van der Waals surface area contributed by atoms with Crippen LogP contribution in [0.25, 0.3) is 0 Å². The molecular formula is C9H7CaNO3. The molecule has 14 heavy (non-hydrogen) atoms. The van der Waals surface area contributed by atoms with Gasteiger partial charge in [-0.05, 0) is 11.5 Å². The van der Waals surface area contributed by atoms with Gasteiger partial charge in [-0.25, -0.2) is 0 Å². The Hall–Kier alpha value is -0.580. The van der Waals surface area contributed by atoms with Gasteiger partial charge in [-0.2, -0.15) is 0 Å². The molecule has 5 heteroatoms. The smallest absolute Gasteiger partial charge is 0.858 e. The fourth-order valence-electron chi connectivity index (χ4n) is 0.808. The van der Waals surface area contributed by atoms with E-state index < -0.39 is 18.4 Å². The molecule has 1 rings (SSSR count). The average Bonchev–Trinajstić information content (AvgIpc) is 2.15. The van der Waals surface area contributed by atoms with Gasteiger partial charge in [0.25, 0.3) is 0 Å². The van der Waals surface area contributed by atoms with Crippen molar-refractivity contribution in [3.8, 4) is 0 Å². The van der Waals surface area contributed by atoms with Crippen LogP contribution >= 0.6 is 0 Å². The van der Waals surface area contributed by atoms with Crippen LogP contribution in [-0.4, -0.2) is 56.2 Å². The molecular weight excluding hydrogens is 210 g/mol. The van der Waals surface area contributed by atoms with E-state index in [0.717, 1.165) is 0 Å². The van der Waals surface area contributed by atoms with Crippen LogP contribution in [0.4, 0.5) is 0 Å². The van der Waals surface area contributed by atoms with E-state index in [2.05, 4.69) is 4.99 Å². The Morgan fingerprint density at radius 2 is 1.79 bits per heavy atom. The first-order valence-electron chi connectivity index (χ1n) is 3.67. The summed E-state index contributed by atoms with van der Waals surface area (Å²) >= 11 is 0. The van der Waals surface area contributed by atoms with E-state index in [1.54, 1.807) is 30.3 Å². The van der Waals surface area contributed by atoms with Gasteiger partial charge < -0.3 is 15.0 Å². The average molecular weight is 217 g/mol. The maximum absolute atomic E-state index is 11.1. The molecule has 0 N–H and O–H groups in total. The molecule has 0 aliphatic carbocycles. The van der Waals surface area contributed by atoms with Gasteiger partial charge in [-0.1, -0.05) is 30.3 Å². The molecule has 1 aromatic rings. The number of carbonyl (C=O) groups excluding carboxylic acids is 1. The molecule has 0 saturated carbocycles. The molecule has 0 atom stereocenters. The Morgan fingerprint density at radius 3 is 2.29 bits per heavy atom. The van der Waals surface area contributed by atoms with Gasteiger partial charge in [0.15, 0.2) is 0 Å². The number of rotatable bonds is 3. The maximum Gasteiger partial charge on any atom is 2.00 e. The molecule has 0 aliphatic rings. The molecule has 0 bridgehead atoms. The minimum atomic E-state index is -1.36. The van der Waals surface area contributed by atoms with Crippen molar-refractivity contribution in [3.63, 3.8) is 0 Å². The first kappa shape index (κ1) is 13.4. The summed E-state index contributed by atoms with van der Waals surface area (Å²) in [7, 11) is 0. The Morgan fingerprint density at radius 1 is 1.21 bits per heavy atom. The number of nitrogens with zero attached hydrogens (tertiary/aromatic N) is 1. The van der Waals surface area contributed by atoms with Crippen molar-refractivity contribution < 1.29 is 15.0 Å². The van der Waals surface area contributed by atoms with E-state index in [0.29, 0.717) is 5.56 Å². The van der Waals surface area contributed by atoms with Crippen molar-refractivity contribution in [1.29, 1.82) is 0 Å². The van der Waals surface area contributed by atoms with Crippen LogP contribution in [0.1, 0.15) is 5.56 Å². The molecule has 0 heterocycles. The molecule has 0 unspecified atom stereocenters. The van der Waals surface area contributed by atoms with Crippen molar-refractivity contribution in [3.05, 3.63) is 35.9 Å². The van der Waals surface area contributed by atoms with Gasteiger partial charge in [0, 0.05) is 0 Å². The van der Waals surface area contributed by atoms with Crippen LogP contribution in [0.2, 0.25) is 0 Å². The third-order valence-corrected chi connectivity index (χ3v) is 1.37. The van der Waals surface area contributed by atoms with Crippen LogP contribution in [-0.2, 0) is 4.79 Å². The van der Waals surface area contributed by atoms with Gasteiger partial charge >= 0.3 is 37.7 Å². The minimum absolute atomic E-state index is 0. The second-order valence-corrected chi connectivity index (χ2v) is 2.36. The Balaban J connectivity index is 0.00000169. The van der Waals surface area contributed by atoms with E-state index >= 15 is 0 Å². The van der Waals surface area contributed by atoms with E-state index in [1.165, 1.54) is 0 Å². The van der Waals surface area contributed by atoms with Crippen molar-refractivity contribution in [1.82, 2.24) is 0 Å². The van der Waals surface area contributed by atoms with Gasteiger partial charge in [0.05, 0.1) is 12.5 Å². The molecule has 0 aliphatic heterocycles. The third-order valence-electron chi connectivity index (χ3n) is 1.37. The molecule has 0 radical (unpaired) electrons. The van der Waals surface area contributed by atoms with E-state index in [9.17, 15) is 15.0 Å². The molecule has 1 aromatic carbocycles. The third kappa shape index (κ3) is 4.60. The standard InChI is InChI=1S/C9H9NO3.Ca/c11-8(12)6-10-9(13)7-4-2-1-3-5-7;/h1-5H,6H2,(H,10,13)(H,11,12);/q;+2/p-2. The second-order valence-electron chi connectivity index (χ2n) is 2.36. The van der Waals surface area contributed by atoms with Crippen LogP contribution < -0.4 is 10.2 Å². The zero-order valence-corrected chi connectivity index (χ0v) is 9.68. The van der Waals surface area contributed by atoms with Gasteiger partial charge in [-0.3, -0.25) is 4.99 Å². The number of aliphatic imine (C=N–C) groups is 1. The number of carbonyl (C=O) groups is 1. The summed E-state index contributed by atoms with van der Waals surface area (Å²) in [6, 6.07) is 8.27. The summed E-state index contributed by atoms with van der Waals surface area (Å²) in [6.45, 7) is -0.590. The number of aliphatic carboxylic acids is 1. The first-order valence-corrected chi connectivity index (χ1v) is 3.67. The maximum atomic E-state index is 11.1. The molecule has 0 aromatic heterocycles. The molecule has 4 nitrogen and oxygen atoms in total. The summed E-state index contributed by atoms with van der Waals surface area (Å²) in [5, 5.41) is 21.1. The van der Waals surface area contributed by atoms with Crippen LogP contribution in [0.5, 0.6) is 0 Å². The molecule has 68 valence electrons. The van der Waals surface area contributed by atoms with Gasteiger partial charge in [-0.15, -0.1) is 0 Å². The van der Waals surface area contributed by atoms with Crippen molar-refractivity contribution in [2.24, 2.45) is 4.99 Å². The number of carboxylic acids is 1. The predicted molar refractivity (Wildman–Crippen MR) is 48.6 cm³/mol. The first-order chi connectivity index (χ1) is 6.20. The zero-order valence-electron chi connectivity index (χ0n) is 7.47. The largest absolute Gasteiger partial charge is 2.00 e. The number of hydrogen-bond acceptors (Lipinski definition) is 4. The monoisotopic (exact) mass is 217 g/mol. The molecule has 0 spiro atoms. The quantitative estimate of drug-likeness (QED) is 0.339. The fraction of sp³-hybridized carbons (Fsp3) is 0.111. The predicted octanol–water partition coefficient (Wildman–Crippen LogP) is -1.84. The van der Waals surface area contributed by atoms with Crippen molar-refractivity contribution >= 4 is 49.6 Å². The Labute approximate surface area is 111 Å². The van der Waals surface area contributed by atoms with E-state index in [1.807, 2.05) is 0 Å².